The van der Waals surface area contributed by atoms with Gasteiger partial charge in [-0.25, -0.2) is 5.84 Å². The first-order valence-corrected chi connectivity index (χ1v) is 4.58. The van der Waals surface area contributed by atoms with Crippen LogP contribution in [0.2, 0.25) is 0 Å². The van der Waals surface area contributed by atoms with Gasteiger partial charge in [0.1, 0.15) is 0 Å². The van der Waals surface area contributed by atoms with Crippen molar-refractivity contribution in [2.75, 3.05) is 11.9 Å². The minimum atomic E-state index is -0.232. The molecule has 0 saturated heterocycles. The average Bonchev–Trinajstić information content (AvgIpc) is 2.26. The van der Waals surface area contributed by atoms with Gasteiger partial charge in [0.15, 0.2) is 0 Å². The third-order valence-electron chi connectivity index (χ3n) is 1.98. The van der Waals surface area contributed by atoms with Gasteiger partial charge in [-0.3, -0.25) is 10.2 Å². The molecule has 4 nitrogen and oxygen atoms in total. The predicted octanol–water partition coefficient (Wildman–Crippen LogP) is 0.651. The summed E-state index contributed by atoms with van der Waals surface area (Å²) in [5.41, 5.74) is 4.26. The van der Waals surface area contributed by atoms with Gasteiger partial charge in [0.2, 0.25) is 0 Å². The number of anilines is 1. The molecule has 0 saturated carbocycles. The van der Waals surface area contributed by atoms with Crippen molar-refractivity contribution in [2.24, 2.45) is 5.84 Å². The van der Waals surface area contributed by atoms with Gasteiger partial charge in [-0.05, 0) is 24.1 Å². The van der Waals surface area contributed by atoms with Gasteiger partial charge in [0.25, 0.3) is 5.91 Å². The van der Waals surface area contributed by atoms with Crippen molar-refractivity contribution in [3.8, 4) is 0 Å². The highest BCUT2D eigenvalue weighted by Gasteiger charge is 1.97. The smallest absolute Gasteiger partial charge is 0.253 e. The fourth-order valence-electron chi connectivity index (χ4n) is 1.09. The van der Waals surface area contributed by atoms with Gasteiger partial charge in [-0.15, -0.1) is 0 Å². The van der Waals surface area contributed by atoms with E-state index in [1.807, 2.05) is 24.3 Å². The average molecular weight is 193 g/mol. The second-order valence-corrected chi connectivity index (χ2v) is 2.97. The Morgan fingerprint density at radius 3 is 2.50 bits per heavy atom. The Morgan fingerprint density at radius 1 is 1.36 bits per heavy atom. The van der Waals surface area contributed by atoms with Gasteiger partial charge in [-0.1, -0.05) is 19.1 Å². The highest BCUT2D eigenvalue weighted by Crippen LogP contribution is 2.09. The molecule has 0 unspecified atom stereocenters. The highest BCUT2D eigenvalue weighted by atomic mass is 16.2. The number of aryl methyl sites for hydroxylation is 1. The molecule has 1 aromatic rings. The summed E-state index contributed by atoms with van der Waals surface area (Å²) in [6, 6.07) is 7.95. The molecule has 0 heterocycles. The summed E-state index contributed by atoms with van der Waals surface area (Å²) in [6.45, 7) is 2.30. The second kappa shape index (κ2) is 5.24. The van der Waals surface area contributed by atoms with Crippen LogP contribution in [0.1, 0.15) is 12.5 Å². The zero-order valence-corrected chi connectivity index (χ0v) is 8.21. The van der Waals surface area contributed by atoms with E-state index in [0.717, 1.165) is 12.1 Å². The van der Waals surface area contributed by atoms with Crippen LogP contribution in [-0.4, -0.2) is 12.5 Å². The van der Waals surface area contributed by atoms with E-state index in [-0.39, 0.29) is 12.5 Å². The number of rotatable bonds is 4. The first kappa shape index (κ1) is 10.5. The van der Waals surface area contributed by atoms with E-state index in [1.165, 1.54) is 5.56 Å². The number of nitrogens with one attached hydrogen (secondary N) is 2. The van der Waals surface area contributed by atoms with Crippen molar-refractivity contribution < 1.29 is 4.79 Å². The Morgan fingerprint density at radius 2 is 2.00 bits per heavy atom. The molecule has 0 spiro atoms. The molecular weight excluding hydrogens is 178 g/mol. The van der Waals surface area contributed by atoms with Crippen molar-refractivity contribution >= 4 is 11.6 Å². The number of amides is 1. The largest absolute Gasteiger partial charge is 0.376 e. The molecule has 4 heteroatoms. The zero-order valence-electron chi connectivity index (χ0n) is 8.21. The predicted molar refractivity (Wildman–Crippen MR) is 56.6 cm³/mol. The summed E-state index contributed by atoms with van der Waals surface area (Å²) in [6.07, 6.45) is 1.02. The molecule has 4 N–H and O–H groups in total. The minimum Gasteiger partial charge on any atom is -0.376 e. The monoisotopic (exact) mass is 193 g/mol. The van der Waals surface area contributed by atoms with Crippen molar-refractivity contribution in [3.05, 3.63) is 29.8 Å². The number of benzene rings is 1. The lowest BCUT2D eigenvalue weighted by Gasteiger charge is -2.05. The molecule has 76 valence electrons. The van der Waals surface area contributed by atoms with E-state index in [2.05, 4.69) is 17.7 Å². The van der Waals surface area contributed by atoms with Crippen molar-refractivity contribution in [1.29, 1.82) is 0 Å². The molecule has 0 aliphatic heterocycles. The molecule has 0 fully saturated rings. The number of nitrogens with two attached hydrogens (primary N) is 1. The van der Waals surface area contributed by atoms with Crippen LogP contribution in [0.3, 0.4) is 0 Å². The Balaban J connectivity index is 2.47. The first-order chi connectivity index (χ1) is 6.76. The summed E-state index contributed by atoms with van der Waals surface area (Å²) >= 11 is 0. The van der Waals surface area contributed by atoms with Crippen molar-refractivity contribution in [3.63, 3.8) is 0 Å². The Kier molecular flexibility index (Phi) is 3.94. The normalized spacial score (nSPS) is 9.57. The summed E-state index contributed by atoms with van der Waals surface area (Å²) in [7, 11) is 0. The quantitative estimate of drug-likeness (QED) is 0.373. The maximum Gasteiger partial charge on any atom is 0.253 e. The highest BCUT2D eigenvalue weighted by molar-refractivity contribution is 5.79. The van der Waals surface area contributed by atoms with E-state index in [4.69, 9.17) is 5.84 Å². The van der Waals surface area contributed by atoms with E-state index >= 15 is 0 Å². The van der Waals surface area contributed by atoms with Crippen molar-refractivity contribution in [1.82, 2.24) is 5.43 Å². The number of hydrazine groups is 1. The molecule has 0 aliphatic rings. The maximum absolute atomic E-state index is 10.8. The van der Waals surface area contributed by atoms with Crippen LogP contribution >= 0.6 is 0 Å². The molecule has 1 rings (SSSR count). The molecule has 0 bridgehead atoms. The van der Waals surface area contributed by atoms with Gasteiger partial charge in [-0.2, -0.15) is 0 Å². The lowest BCUT2D eigenvalue weighted by molar-refractivity contribution is -0.119. The van der Waals surface area contributed by atoms with Crippen LogP contribution in [0.25, 0.3) is 0 Å². The second-order valence-electron chi connectivity index (χ2n) is 2.97. The third kappa shape index (κ3) is 3.06. The fourth-order valence-corrected chi connectivity index (χ4v) is 1.09. The first-order valence-electron chi connectivity index (χ1n) is 4.58. The summed E-state index contributed by atoms with van der Waals surface area (Å²) in [4.78, 5) is 10.8. The van der Waals surface area contributed by atoms with Crippen molar-refractivity contribution in [2.45, 2.75) is 13.3 Å². The van der Waals surface area contributed by atoms with Crippen LogP contribution in [0.15, 0.2) is 24.3 Å². The molecule has 1 aromatic carbocycles. The van der Waals surface area contributed by atoms with Gasteiger partial charge < -0.3 is 5.32 Å². The third-order valence-corrected chi connectivity index (χ3v) is 1.98. The van der Waals surface area contributed by atoms with E-state index in [1.54, 1.807) is 0 Å². The fraction of sp³-hybridized carbons (Fsp3) is 0.300. The standard InChI is InChI=1S/C10H15N3O/c1-2-8-3-5-9(6-4-8)12-7-10(14)13-11/h3-6,12H,2,7,11H2,1H3,(H,13,14). The van der Waals surface area contributed by atoms with E-state index < -0.39 is 0 Å². The van der Waals surface area contributed by atoms with Gasteiger partial charge in [0.05, 0.1) is 6.54 Å². The molecule has 14 heavy (non-hydrogen) atoms. The van der Waals surface area contributed by atoms with Crippen LogP contribution in [0.5, 0.6) is 0 Å². The Labute approximate surface area is 83.5 Å². The summed E-state index contributed by atoms with van der Waals surface area (Å²) < 4.78 is 0. The number of carbonyl (C=O) groups excluding carboxylic acids is 1. The molecule has 0 radical (unpaired) electrons. The van der Waals surface area contributed by atoms with Crippen LogP contribution in [0, 0.1) is 0 Å². The number of hydrogen-bond acceptors (Lipinski definition) is 3. The van der Waals surface area contributed by atoms with E-state index in [0.29, 0.717) is 0 Å². The van der Waals surface area contributed by atoms with Gasteiger partial charge >= 0.3 is 0 Å². The Hall–Kier alpha value is -1.55. The summed E-state index contributed by atoms with van der Waals surface area (Å²) in [5.74, 6) is 4.71. The summed E-state index contributed by atoms with van der Waals surface area (Å²) in [5, 5.41) is 2.95. The van der Waals surface area contributed by atoms with Crippen LogP contribution in [-0.2, 0) is 11.2 Å². The van der Waals surface area contributed by atoms with Crippen LogP contribution in [0.4, 0.5) is 5.69 Å². The van der Waals surface area contributed by atoms with Crippen LogP contribution < -0.4 is 16.6 Å². The molecule has 0 aromatic heterocycles. The SMILES string of the molecule is CCc1ccc(NCC(=O)NN)cc1. The van der Waals surface area contributed by atoms with E-state index in [9.17, 15) is 4.79 Å². The Bertz CT molecular complexity index is 295. The molecule has 0 atom stereocenters. The lowest BCUT2D eigenvalue weighted by Crippen LogP contribution is -2.35. The minimum absolute atomic E-state index is 0.196. The number of hydrogen-bond donors (Lipinski definition) is 3. The molecular formula is C10H15N3O. The molecule has 0 aliphatic carbocycles. The maximum atomic E-state index is 10.8. The van der Waals surface area contributed by atoms with Gasteiger partial charge in [0, 0.05) is 5.69 Å². The molecule has 1 amide bonds. The zero-order chi connectivity index (χ0) is 10.4. The topological polar surface area (TPSA) is 67.2 Å². The number of carbonyl (C=O) groups is 1. The lowest BCUT2D eigenvalue weighted by atomic mass is 10.1.